The monoisotopic (exact) mass is 587 g/mol. The van der Waals surface area contributed by atoms with Crippen LogP contribution in [0.5, 0.6) is 0 Å². The van der Waals surface area contributed by atoms with Gasteiger partial charge < -0.3 is 5.32 Å². The highest BCUT2D eigenvalue weighted by Gasteiger charge is 2.14. The molecule has 0 amide bonds. The van der Waals surface area contributed by atoms with Crippen molar-refractivity contribution in [1.29, 1.82) is 0 Å². The van der Waals surface area contributed by atoms with Gasteiger partial charge in [0.15, 0.2) is 5.65 Å². The van der Waals surface area contributed by atoms with Crippen molar-refractivity contribution in [2.75, 3.05) is 5.32 Å². The van der Waals surface area contributed by atoms with Crippen molar-refractivity contribution >= 4 is 43.5 Å². The number of nitrogens with zero attached hydrogens (tertiary/aromatic N) is 3. The molecule has 0 saturated carbocycles. The highest BCUT2D eigenvalue weighted by molar-refractivity contribution is 9.10. The molecule has 7 nitrogen and oxygen atoms in total. The Morgan fingerprint density at radius 3 is 2.37 bits per heavy atom. The van der Waals surface area contributed by atoms with E-state index in [2.05, 4.69) is 37.6 Å². The van der Waals surface area contributed by atoms with E-state index in [1.54, 1.807) is 35.0 Å². The number of aromatic nitrogens is 3. The van der Waals surface area contributed by atoms with Crippen molar-refractivity contribution in [3.05, 3.63) is 118 Å². The summed E-state index contributed by atoms with van der Waals surface area (Å²) in [5.74, 6) is 0.796. The van der Waals surface area contributed by atoms with Gasteiger partial charge in [-0.1, -0.05) is 78.9 Å². The molecular formula is C29H26BrN5O2S. The van der Waals surface area contributed by atoms with E-state index >= 15 is 0 Å². The van der Waals surface area contributed by atoms with E-state index in [-0.39, 0.29) is 11.4 Å². The molecule has 0 unspecified atom stereocenters. The third kappa shape index (κ3) is 5.55. The maximum Gasteiger partial charge on any atom is 0.240 e. The molecule has 5 rings (SSSR count). The topological polar surface area (TPSA) is 88.4 Å². The van der Waals surface area contributed by atoms with E-state index in [4.69, 9.17) is 4.98 Å². The number of sulfonamides is 1. The summed E-state index contributed by atoms with van der Waals surface area (Å²) < 4.78 is 30.4. The molecular weight excluding hydrogens is 562 g/mol. The van der Waals surface area contributed by atoms with E-state index in [0.717, 1.165) is 43.8 Å². The van der Waals surface area contributed by atoms with Crippen molar-refractivity contribution in [1.82, 2.24) is 19.3 Å². The fraction of sp³-hybridized carbons (Fsp3) is 0.103. The number of anilines is 1. The third-order valence-electron chi connectivity index (χ3n) is 6.18. The molecule has 0 bridgehead atoms. The van der Waals surface area contributed by atoms with Gasteiger partial charge in [0.05, 0.1) is 21.3 Å². The molecule has 0 atom stereocenters. The zero-order chi connectivity index (χ0) is 26.7. The van der Waals surface area contributed by atoms with Crippen molar-refractivity contribution in [2.24, 2.45) is 0 Å². The average Bonchev–Trinajstić information content (AvgIpc) is 3.32. The molecule has 0 saturated heterocycles. The van der Waals surface area contributed by atoms with Crippen molar-refractivity contribution in [2.45, 2.75) is 24.9 Å². The predicted octanol–water partition coefficient (Wildman–Crippen LogP) is 6.20. The Hall–Kier alpha value is -3.79. The van der Waals surface area contributed by atoms with Gasteiger partial charge >= 0.3 is 0 Å². The van der Waals surface area contributed by atoms with Crippen LogP contribution >= 0.6 is 15.9 Å². The van der Waals surface area contributed by atoms with E-state index < -0.39 is 10.0 Å². The molecule has 5 aromatic rings. The largest absolute Gasteiger partial charge is 0.366 e. The summed E-state index contributed by atoms with van der Waals surface area (Å²) in [4.78, 5) is 5.07. The summed E-state index contributed by atoms with van der Waals surface area (Å²) in [6.45, 7) is 6.61. The van der Waals surface area contributed by atoms with Gasteiger partial charge in [-0.25, -0.2) is 18.1 Å². The lowest BCUT2D eigenvalue weighted by Crippen LogP contribution is -2.23. The van der Waals surface area contributed by atoms with Crippen LogP contribution < -0.4 is 10.0 Å². The van der Waals surface area contributed by atoms with Gasteiger partial charge in [-0.3, -0.25) is 0 Å². The molecule has 9 heteroatoms. The number of benzene rings is 3. The average molecular weight is 589 g/mol. The Morgan fingerprint density at radius 1 is 0.974 bits per heavy atom. The van der Waals surface area contributed by atoms with Crippen molar-refractivity contribution < 1.29 is 8.42 Å². The Morgan fingerprint density at radius 2 is 1.66 bits per heavy atom. The lowest BCUT2D eigenvalue weighted by Gasteiger charge is -2.13. The third-order valence-corrected chi connectivity index (χ3v) is 8.16. The highest BCUT2D eigenvalue weighted by Crippen LogP contribution is 2.28. The fourth-order valence-electron chi connectivity index (χ4n) is 4.05. The van der Waals surface area contributed by atoms with Gasteiger partial charge in [-0.05, 0) is 51.7 Å². The number of fused-ring (bicyclic) bond motifs is 1. The van der Waals surface area contributed by atoms with Crippen LogP contribution in [-0.4, -0.2) is 23.0 Å². The molecule has 0 fully saturated rings. The lowest BCUT2D eigenvalue weighted by molar-refractivity contribution is 0.581. The Balaban J connectivity index is 1.31. The van der Waals surface area contributed by atoms with Crippen LogP contribution in [0.3, 0.4) is 0 Å². The molecule has 192 valence electrons. The Kier molecular flexibility index (Phi) is 7.42. The van der Waals surface area contributed by atoms with Crippen LogP contribution in [0.2, 0.25) is 0 Å². The van der Waals surface area contributed by atoms with Gasteiger partial charge in [-0.15, -0.1) is 0 Å². The number of hydrogen-bond acceptors (Lipinski definition) is 5. The lowest BCUT2D eigenvalue weighted by atomic mass is 10.0. The van der Waals surface area contributed by atoms with Crippen LogP contribution in [0, 0.1) is 6.92 Å². The van der Waals surface area contributed by atoms with Gasteiger partial charge in [0, 0.05) is 24.7 Å². The summed E-state index contributed by atoms with van der Waals surface area (Å²) in [6.07, 6.45) is 3.55. The molecule has 0 spiro atoms. The first-order valence-electron chi connectivity index (χ1n) is 12.0. The standard InChI is InChI=1S/C29H26BrN5O2S/c1-3-23-6-4-5-7-25(23)27-16-28(35-29(34-27)26(30)19-32-35)31-17-21-10-12-22(13-11-21)18-33-38(36,37)24-14-8-20(2)9-15-24/h3-16,19,31,33H,1,17-18H2,2H3. The summed E-state index contributed by atoms with van der Waals surface area (Å²) >= 11 is 3.55. The minimum atomic E-state index is -3.57. The number of halogens is 1. The molecule has 0 aliphatic carbocycles. The maximum atomic E-state index is 12.6. The zero-order valence-corrected chi connectivity index (χ0v) is 23.1. The predicted molar refractivity (Wildman–Crippen MR) is 155 cm³/mol. The second-order valence-corrected chi connectivity index (χ2v) is 11.5. The first-order valence-corrected chi connectivity index (χ1v) is 14.3. The van der Waals surface area contributed by atoms with Gasteiger partial charge in [-0.2, -0.15) is 9.61 Å². The fourth-order valence-corrected chi connectivity index (χ4v) is 5.42. The second kappa shape index (κ2) is 10.9. The second-order valence-electron chi connectivity index (χ2n) is 8.85. The first kappa shape index (κ1) is 25.8. The Bertz CT molecular complexity index is 1710. The van der Waals surface area contributed by atoms with Gasteiger partial charge in [0.1, 0.15) is 5.82 Å². The number of hydrogen-bond donors (Lipinski definition) is 2. The van der Waals surface area contributed by atoms with E-state index in [9.17, 15) is 8.42 Å². The van der Waals surface area contributed by atoms with Gasteiger partial charge in [0.25, 0.3) is 0 Å². The summed E-state index contributed by atoms with van der Waals surface area (Å²) in [7, 11) is -3.57. The minimum Gasteiger partial charge on any atom is -0.366 e. The van der Waals surface area contributed by atoms with Gasteiger partial charge in [0.2, 0.25) is 10.0 Å². The first-order chi connectivity index (χ1) is 18.3. The van der Waals surface area contributed by atoms with Crippen LogP contribution in [-0.2, 0) is 23.1 Å². The number of nitrogens with one attached hydrogen (secondary N) is 2. The molecule has 0 radical (unpaired) electrons. The van der Waals surface area contributed by atoms with Crippen LogP contribution in [0.4, 0.5) is 5.82 Å². The van der Waals surface area contributed by atoms with Crippen LogP contribution in [0.25, 0.3) is 23.0 Å². The molecule has 0 aliphatic heterocycles. The zero-order valence-electron chi connectivity index (χ0n) is 20.7. The normalized spacial score (nSPS) is 11.5. The summed E-state index contributed by atoms with van der Waals surface area (Å²) in [5.41, 5.74) is 6.43. The summed E-state index contributed by atoms with van der Waals surface area (Å²) in [5, 5.41) is 7.93. The molecule has 2 heterocycles. The highest BCUT2D eigenvalue weighted by atomic mass is 79.9. The number of rotatable bonds is 9. The number of aryl methyl sites for hydroxylation is 1. The smallest absolute Gasteiger partial charge is 0.240 e. The van der Waals surface area contributed by atoms with Crippen LogP contribution in [0.1, 0.15) is 22.3 Å². The quantitative estimate of drug-likeness (QED) is 0.214. The van der Waals surface area contributed by atoms with Crippen LogP contribution in [0.15, 0.2) is 101 Å². The summed E-state index contributed by atoms with van der Waals surface area (Å²) in [6, 6.07) is 24.6. The Labute approximate surface area is 230 Å². The molecule has 2 N–H and O–H groups in total. The SMILES string of the molecule is C=Cc1ccccc1-c1cc(NCc2ccc(CNS(=O)(=O)c3ccc(C)cc3)cc2)n2ncc(Br)c2n1. The van der Waals surface area contributed by atoms with Crippen molar-refractivity contribution in [3.8, 4) is 11.3 Å². The molecule has 38 heavy (non-hydrogen) atoms. The molecule has 2 aromatic heterocycles. The van der Waals surface area contributed by atoms with E-state index in [0.29, 0.717) is 12.2 Å². The maximum absolute atomic E-state index is 12.6. The molecule has 0 aliphatic rings. The molecule has 3 aromatic carbocycles. The minimum absolute atomic E-state index is 0.211. The van der Waals surface area contributed by atoms with E-state index in [1.165, 1.54) is 0 Å². The van der Waals surface area contributed by atoms with E-state index in [1.807, 2.05) is 67.6 Å². The van der Waals surface area contributed by atoms with Crippen molar-refractivity contribution in [3.63, 3.8) is 0 Å².